The fourth-order valence-corrected chi connectivity index (χ4v) is 0.519. The lowest BCUT2D eigenvalue weighted by Crippen LogP contribution is -2.33. The predicted octanol–water partition coefficient (Wildman–Crippen LogP) is 0.274. The third-order valence-electron chi connectivity index (χ3n) is 1.37. The number of hydrogen-bond donors (Lipinski definition) is 2. The number of amides is 1. The molecule has 11 heavy (non-hydrogen) atoms. The van der Waals surface area contributed by atoms with Crippen LogP contribution in [0.3, 0.4) is 0 Å². The third-order valence-corrected chi connectivity index (χ3v) is 1.37. The Kier molecular flexibility index (Phi) is 4.54. The molecule has 0 bridgehead atoms. The molecule has 0 saturated heterocycles. The number of rotatable bonds is 4. The van der Waals surface area contributed by atoms with Crippen LogP contribution in [0.5, 0.6) is 0 Å². The summed E-state index contributed by atoms with van der Waals surface area (Å²) in [5.74, 6) is -0.107. The van der Waals surface area contributed by atoms with E-state index in [9.17, 15) is 4.79 Å². The van der Waals surface area contributed by atoms with Crippen molar-refractivity contribution in [2.45, 2.75) is 13.8 Å². The van der Waals surface area contributed by atoms with Crippen LogP contribution in [-0.2, 0) is 4.79 Å². The van der Waals surface area contributed by atoms with Gasteiger partial charge in [-0.3, -0.25) is 4.79 Å². The number of nitrogens with one attached hydrogen (secondary N) is 1. The summed E-state index contributed by atoms with van der Waals surface area (Å²) >= 11 is 0. The van der Waals surface area contributed by atoms with Crippen LogP contribution in [0, 0.1) is 5.92 Å². The first-order valence-electron chi connectivity index (χ1n) is 3.70. The highest BCUT2D eigenvalue weighted by atomic mass is 16.1. The summed E-state index contributed by atoms with van der Waals surface area (Å²) in [7, 11) is 0. The minimum Gasteiger partial charge on any atom is -0.352 e. The molecule has 0 aromatic rings. The van der Waals surface area contributed by atoms with E-state index in [1.54, 1.807) is 6.92 Å². The molecule has 64 valence electrons. The lowest BCUT2D eigenvalue weighted by molar-refractivity contribution is -0.124. The highest BCUT2D eigenvalue weighted by Gasteiger charge is 2.08. The first kappa shape index (κ1) is 10.2. The van der Waals surface area contributed by atoms with Crippen LogP contribution in [0.1, 0.15) is 13.8 Å². The van der Waals surface area contributed by atoms with E-state index in [2.05, 4.69) is 11.9 Å². The summed E-state index contributed by atoms with van der Waals surface area (Å²) in [6.45, 7) is 8.27. The normalized spacial score (nSPS) is 12.3. The molecule has 0 aliphatic carbocycles. The topological polar surface area (TPSA) is 55.1 Å². The van der Waals surface area contributed by atoms with Gasteiger partial charge >= 0.3 is 0 Å². The molecule has 0 saturated carbocycles. The Morgan fingerprint density at radius 2 is 2.27 bits per heavy atom. The SMILES string of the molecule is C=C(C)CNC(=O)C(C)CN. The van der Waals surface area contributed by atoms with Gasteiger partial charge in [-0.1, -0.05) is 19.1 Å². The Labute approximate surface area is 67.7 Å². The van der Waals surface area contributed by atoms with Gasteiger partial charge in [-0.15, -0.1) is 0 Å². The summed E-state index contributed by atoms with van der Waals surface area (Å²) < 4.78 is 0. The zero-order valence-corrected chi connectivity index (χ0v) is 7.18. The molecule has 1 amide bonds. The Morgan fingerprint density at radius 1 is 1.73 bits per heavy atom. The molecule has 0 aromatic carbocycles. The molecule has 0 aliphatic heterocycles. The Balaban J connectivity index is 3.60. The van der Waals surface area contributed by atoms with Crippen molar-refractivity contribution in [1.82, 2.24) is 5.32 Å². The van der Waals surface area contributed by atoms with E-state index in [4.69, 9.17) is 5.73 Å². The van der Waals surface area contributed by atoms with Gasteiger partial charge in [0.05, 0.1) is 0 Å². The molecule has 1 unspecified atom stereocenters. The van der Waals surface area contributed by atoms with Gasteiger partial charge in [-0.25, -0.2) is 0 Å². The van der Waals surface area contributed by atoms with E-state index in [-0.39, 0.29) is 11.8 Å². The van der Waals surface area contributed by atoms with Gasteiger partial charge < -0.3 is 11.1 Å². The zero-order chi connectivity index (χ0) is 8.85. The van der Waals surface area contributed by atoms with Crippen LogP contribution in [0.25, 0.3) is 0 Å². The van der Waals surface area contributed by atoms with Gasteiger partial charge in [0.25, 0.3) is 0 Å². The van der Waals surface area contributed by atoms with E-state index >= 15 is 0 Å². The van der Waals surface area contributed by atoms with Gasteiger partial charge in [-0.05, 0) is 6.92 Å². The summed E-state index contributed by atoms with van der Waals surface area (Å²) in [5.41, 5.74) is 6.24. The van der Waals surface area contributed by atoms with Crippen molar-refractivity contribution in [2.24, 2.45) is 11.7 Å². The van der Waals surface area contributed by atoms with Gasteiger partial charge in [0, 0.05) is 19.0 Å². The summed E-state index contributed by atoms with van der Waals surface area (Å²) in [6.07, 6.45) is 0. The number of carbonyl (C=O) groups excluding carboxylic acids is 1. The minimum absolute atomic E-state index is 0.00417. The Morgan fingerprint density at radius 3 is 2.64 bits per heavy atom. The molecular weight excluding hydrogens is 140 g/mol. The predicted molar refractivity (Wildman–Crippen MR) is 46.0 cm³/mol. The van der Waals surface area contributed by atoms with E-state index in [0.29, 0.717) is 13.1 Å². The second-order valence-electron chi connectivity index (χ2n) is 2.81. The van der Waals surface area contributed by atoms with E-state index in [1.807, 2.05) is 6.92 Å². The van der Waals surface area contributed by atoms with Crippen LogP contribution in [0.4, 0.5) is 0 Å². The first-order chi connectivity index (χ1) is 5.07. The quantitative estimate of drug-likeness (QED) is 0.574. The molecular formula is C8H16N2O. The monoisotopic (exact) mass is 156 g/mol. The van der Waals surface area contributed by atoms with Crippen molar-refractivity contribution in [2.75, 3.05) is 13.1 Å². The van der Waals surface area contributed by atoms with Crippen LogP contribution >= 0.6 is 0 Å². The fourth-order valence-electron chi connectivity index (χ4n) is 0.519. The highest BCUT2D eigenvalue weighted by molar-refractivity contribution is 5.78. The Hall–Kier alpha value is -0.830. The van der Waals surface area contributed by atoms with Crippen LogP contribution in [0.2, 0.25) is 0 Å². The van der Waals surface area contributed by atoms with Crippen molar-refractivity contribution in [3.63, 3.8) is 0 Å². The average Bonchev–Trinajstić information content (AvgIpc) is 1.98. The maximum Gasteiger partial charge on any atom is 0.224 e. The van der Waals surface area contributed by atoms with Crippen molar-refractivity contribution in [3.8, 4) is 0 Å². The second kappa shape index (κ2) is 4.91. The third kappa shape index (κ3) is 4.56. The largest absolute Gasteiger partial charge is 0.352 e. The first-order valence-corrected chi connectivity index (χ1v) is 3.70. The Bertz CT molecular complexity index is 154. The maximum absolute atomic E-state index is 11.0. The second-order valence-corrected chi connectivity index (χ2v) is 2.81. The number of hydrogen-bond acceptors (Lipinski definition) is 2. The molecule has 0 heterocycles. The summed E-state index contributed by atoms with van der Waals surface area (Å²) in [6, 6.07) is 0. The van der Waals surface area contributed by atoms with Gasteiger partial charge in [0.2, 0.25) is 5.91 Å². The smallest absolute Gasteiger partial charge is 0.224 e. The van der Waals surface area contributed by atoms with Crippen molar-refractivity contribution >= 4 is 5.91 Å². The van der Waals surface area contributed by atoms with E-state index in [1.165, 1.54) is 0 Å². The van der Waals surface area contributed by atoms with Crippen LogP contribution in [0.15, 0.2) is 12.2 Å². The molecule has 3 nitrogen and oxygen atoms in total. The van der Waals surface area contributed by atoms with Crippen molar-refractivity contribution in [3.05, 3.63) is 12.2 Å². The van der Waals surface area contributed by atoms with Crippen molar-refractivity contribution < 1.29 is 4.79 Å². The standard InChI is InChI=1S/C8H16N2O/c1-6(2)5-10-8(11)7(3)4-9/h7H,1,4-5,9H2,2-3H3,(H,10,11). The zero-order valence-electron chi connectivity index (χ0n) is 7.18. The van der Waals surface area contributed by atoms with Crippen LogP contribution in [-0.4, -0.2) is 19.0 Å². The fraction of sp³-hybridized carbons (Fsp3) is 0.625. The average molecular weight is 156 g/mol. The van der Waals surface area contributed by atoms with E-state index < -0.39 is 0 Å². The molecule has 0 aromatic heterocycles. The lowest BCUT2D eigenvalue weighted by atomic mass is 10.1. The molecule has 0 aliphatic rings. The molecule has 0 fully saturated rings. The molecule has 0 spiro atoms. The molecule has 0 radical (unpaired) electrons. The van der Waals surface area contributed by atoms with Crippen LogP contribution < -0.4 is 11.1 Å². The lowest BCUT2D eigenvalue weighted by Gasteiger charge is -2.08. The van der Waals surface area contributed by atoms with Gasteiger partial charge in [0.15, 0.2) is 0 Å². The minimum atomic E-state index is -0.102. The number of nitrogens with two attached hydrogens (primary N) is 1. The molecule has 0 rings (SSSR count). The van der Waals surface area contributed by atoms with Gasteiger partial charge in [-0.2, -0.15) is 0 Å². The molecule has 3 heteroatoms. The summed E-state index contributed by atoms with van der Waals surface area (Å²) in [4.78, 5) is 11.0. The van der Waals surface area contributed by atoms with E-state index in [0.717, 1.165) is 5.57 Å². The maximum atomic E-state index is 11.0. The summed E-state index contributed by atoms with van der Waals surface area (Å²) in [5, 5.41) is 2.71. The van der Waals surface area contributed by atoms with Gasteiger partial charge in [0.1, 0.15) is 0 Å². The highest BCUT2D eigenvalue weighted by Crippen LogP contribution is 1.91. The molecule has 3 N–H and O–H groups in total. The molecule has 1 atom stereocenters. The van der Waals surface area contributed by atoms with Crippen molar-refractivity contribution in [1.29, 1.82) is 0 Å². The number of carbonyl (C=O) groups is 1.